The molecule has 3 aromatic heterocycles. The molecular formula is C26H26ClFN8. The lowest BCUT2D eigenvalue weighted by Gasteiger charge is -2.22. The Morgan fingerprint density at radius 2 is 2.11 bits per heavy atom. The number of nitriles is 1. The Morgan fingerprint density at radius 1 is 1.31 bits per heavy atom. The number of nitrogens with zero attached hydrogens (tertiary/aromatic N) is 6. The minimum Gasteiger partial charge on any atom is -0.383 e. The summed E-state index contributed by atoms with van der Waals surface area (Å²) in [6, 6.07) is 6.40. The van der Waals surface area contributed by atoms with Crippen molar-refractivity contribution in [1.82, 2.24) is 25.0 Å². The molecule has 0 radical (unpaired) electrons. The summed E-state index contributed by atoms with van der Waals surface area (Å²) in [7, 11) is 0. The first-order valence-corrected chi connectivity index (χ1v) is 11.8. The number of rotatable bonds is 7. The Kier molecular flexibility index (Phi) is 5.31. The van der Waals surface area contributed by atoms with E-state index in [1.807, 2.05) is 0 Å². The molecule has 10 heteroatoms. The van der Waals surface area contributed by atoms with Gasteiger partial charge in [-0.1, -0.05) is 43.7 Å². The molecule has 1 aliphatic carbocycles. The van der Waals surface area contributed by atoms with Crippen LogP contribution in [0.4, 0.5) is 15.8 Å². The van der Waals surface area contributed by atoms with E-state index in [0.29, 0.717) is 22.2 Å². The monoisotopic (exact) mass is 507 g/mol. The summed E-state index contributed by atoms with van der Waals surface area (Å²) in [6.45, 7) is 3.34. The first kappa shape index (κ1) is 20.4. The van der Waals surface area contributed by atoms with Crippen LogP contribution in [-0.4, -0.2) is 31.5 Å². The van der Waals surface area contributed by atoms with Crippen LogP contribution in [0.3, 0.4) is 0 Å². The van der Waals surface area contributed by atoms with Crippen LogP contribution in [0.25, 0.3) is 10.9 Å². The maximum Gasteiger partial charge on any atom is 0.212 e. The second kappa shape index (κ2) is 9.36. The zero-order valence-electron chi connectivity index (χ0n) is 23.0. The van der Waals surface area contributed by atoms with Gasteiger partial charge in [0.25, 0.3) is 0 Å². The van der Waals surface area contributed by atoms with E-state index in [1.54, 1.807) is 43.8 Å². The maximum absolute atomic E-state index is 13.7. The molecule has 0 aliphatic heterocycles. The van der Waals surface area contributed by atoms with E-state index < -0.39 is 23.9 Å². The number of fused-ring (bicyclic) bond motifs is 1. The van der Waals surface area contributed by atoms with Gasteiger partial charge in [0.2, 0.25) is 5.95 Å². The van der Waals surface area contributed by atoms with Crippen LogP contribution in [-0.2, 0) is 0 Å². The molecule has 184 valence electrons. The van der Waals surface area contributed by atoms with Crippen LogP contribution in [0.5, 0.6) is 0 Å². The normalized spacial score (nSPS) is 16.9. The topological polar surface area (TPSA) is 104 Å². The van der Waals surface area contributed by atoms with Crippen molar-refractivity contribution in [2.24, 2.45) is 5.41 Å². The van der Waals surface area contributed by atoms with Crippen LogP contribution in [0.15, 0.2) is 42.9 Å². The highest BCUT2D eigenvalue weighted by atomic mass is 35.5. The number of hydrogen-bond acceptors (Lipinski definition) is 7. The van der Waals surface area contributed by atoms with Crippen molar-refractivity contribution < 1.29 is 8.50 Å². The number of hydrogen-bond donors (Lipinski definition) is 2. The second-order valence-corrected chi connectivity index (χ2v) is 10.1. The van der Waals surface area contributed by atoms with Gasteiger partial charge in [-0.25, -0.2) is 9.67 Å². The van der Waals surface area contributed by atoms with E-state index in [-0.39, 0.29) is 28.0 Å². The van der Waals surface area contributed by atoms with Gasteiger partial charge >= 0.3 is 0 Å². The molecule has 5 rings (SSSR count). The van der Waals surface area contributed by atoms with E-state index in [1.165, 1.54) is 24.5 Å². The number of anilines is 2. The predicted molar refractivity (Wildman–Crippen MR) is 137 cm³/mol. The third kappa shape index (κ3) is 5.09. The lowest BCUT2D eigenvalue weighted by atomic mass is 9.96. The number of aromatic nitrogens is 5. The number of benzene rings is 1. The molecule has 3 heterocycles. The fourth-order valence-electron chi connectivity index (χ4n) is 3.66. The van der Waals surface area contributed by atoms with Gasteiger partial charge in [-0.3, -0.25) is 4.98 Å². The zero-order valence-corrected chi connectivity index (χ0v) is 20.7. The third-order valence-electron chi connectivity index (χ3n) is 5.58. The van der Waals surface area contributed by atoms with Crippen molar-refractivity contribution in [3.05, 3.63) is 70.6 Å². The summed E-state index contributed by atoms with van der Waals surface area (Å²) in [6.07, 6.45) is 6.24. The molecule has 36 heavy (non-hydrogen) atoms. The largest absolute Gasteiger partial charge is 0.383 e. The molecule has 1 atom stereocenters. The highest BCUT2D eigenvalue weighted by Gasteiger charge is 2.27. The van der Waals surface area contributed by atoms with Crippen LogP contribution in [0.2, 0.25) is 5.02 Å². The summed E-state index contributed by atoms with van der Waals surface area (Å²) in [5, 5.41) is 24.9. The molecule has 0 spiro atoms. The fraction of sp³-hybridized carbons (Fsp3) is 0.346. The standard InChI is InChI=1S/C26H26ClFN8/c1-26(2,3)14-32-23-16(10-29)12-31-25-19(23)8-17(9-20(25)27)33-24(15-4-7-22(28)30-11-15)21-13-36(35-34-21)18-5-6-18/h4,7-9,11-13,18,24,33H,5-6,14H2,1-3H3,(H,31,32)/i14D2,24D. The Bertz CT molecular complexity index is 1590. The van der Waals surface area contributed by atoms with Gasteiger partial charge < -0.3 is 10.6 Å². The first-order chi connectivity index (χ1) is 18.3. The highest BCUT2D eigenvalue weighted by Crippen LogP contribution is 2.37. The van der Waals surface area contributed by atoms with Crippen molar-refractivity contribution in [3.63, 3.8) is 0 Å². The lowest BCUT2D eigenvalue weighted by Crippen LogP contribution is -2.20. The smallest absolute Gasteiger partial charge is 0.212 e. The van der Waals surface area contributed by atoms with E-state index in [0.717, 1.165) is 12.8 Å². The Balaban J connectivity index is 1.65. The molecular weight excluding hydrogens is 479 g/mol. The Labute approximate surface area is 217 Å². The van der Waals surface area contributed by atoms with Gasteiger partial charge in [0.05, 0.1) is 41.4 Å². The molecule has 1 saturated carbocycles. The minimum absolute atomic E-state index is 0.135. The molecule has 8 nitrogen and oxygen atoms in total. The van der Waals surface area contributed by atoms with Gasteiger partial charge in [-0.05, 0) is 42.0 Å². The van der Waals surface area contributed by atoms with Gasteiger partial charge in [-0.2, -0.15) is 9.65 Å². The predicted octanol–water partition coefficient (Wildman–Crippen LogP) is 5.88. The van der Waals surface area contributed by atoms with Gasteiger partial charge in [-0.15, -0.1) is 5.10 Å². The molecule has 0 saturated heterocycles. The van der Waals surface area contributed by atoms with E-state index >= 15 is 0 Å². The molecule has 1 unspecified atom stereocenters. The second-order valence-electron chi connectivity index (χ2n) is 9.70. The van der Waals surface area contributed by atoms with Crippen molar-refractivity contribution in [1.29, 1.82) is 5.26 Å². The van der Waals surface area contributed by atoms with Crippen molar-refractivity contribution in [2.75, 3.05) is 17.1 Å². The molecule has 0 amide bonds. The third-order valence-corrected chi connectivity index (χ3v) is 5.87. The summed E-state index contributed by atoms with van der Waals surface area (Å²) >= 11 is 6.62. The summed E-state index contributed by atoms with van der Waals surface area (Å²) in [4.78, 5) is 8.06. The Morgan fingerprint density at radius 3 is 2.78 bits per heavy atom. The van der Waals surface area contributed by atoms with Crippen LogP contribution >= 0.6 is 11.6 Å². The molecule has 1 fully saturated rings. The van der Waals surface area contributed by atoms with Crippen LogP contribution < -0.4 is 10.6 Å². The SMILES string of the molecule is [2H]C(Nc1cc(Cl)c2ncc(C#N)c(NC([2H])([2H])C(C)(C)C)c2c1)(c1ccc(F)nc1)c1cn(C2CC2)nn1. The molecule has 4 aromatic rings. The van der Waals surface area contributed by atoms with Crippen molar-refractivity contribution in [3.8, 4) is 6.07 Å². The quantitative estimate of drug-likeness (QED) is 0.301. The minimum atomic E-state index is -1.90. The highest BCUT2D eigenvalue weighted by molar-refractivity contribution is 6.35. The van der Waals surface area contributed by atoms with Crippen LogP contribution in [0, 0.1) is 22.7 Å². The summed E-state index contributed by atoms with van der Waals surface area (Å²) in [5.74, 6) is -0.685. The number of halogens is 2. The first-order valence-electron chi connectivity index (χ1n) is 13.0. The van der Waals surface area contributed by atoms with E-state index in [4.69, 9.17) is 14.3 Å². The number of nitrogens with one attached hydrogen (secondary N) is 2. The number of pyridine rings is 2. The summed E-state index contributed by atoms with van der Waals surface area (Å²) in [5.41, 5.74) is 0.854. The Hall–Kier alpha value is -3.77. The summed E-state index contributed by atoms with van der Waals surface area (Å²) < 4.78 is 42.0. The van der Waals surface area contributed by atoms with Gasteiger partial charge in [0.15, 0.2) is 0 Å². The lowest BCUT2D eigenvalue weighted by molar-refractivity contribution is 0.443. The average molecular weight is 508 g/mol. The van der Waals surface area contributed by atoms with Crippen molar-refractivity contribution in [2.45, 2.75) is 45.7 Å². The molecule has 1 aliphatic rings. The fourth-order valence-corrected chi connectivity index (χ4v) is 3.93. The molecule has 1 aromatic carbocycles. The van der Waals surface area contributed by atoms with Gasteiger partial charge in [0.1, 0.15) is 11.8 Å². The molecule has 0 bridgehead atoms. The zero-order chi connectivity index (χ0) is 28.2. The van der Waals surface area contributed by atoms with Crippen LogP contribution in [0.1, 0.15) is 66.6 Å². The molecule has 2 N–H and O–H groups in total. The van der Waals surface area contributed by atoms with E-state index in [2.05, 4.69) is 37.0 Å². The van der Waals surface area contributed by atoms with Crippen molar-refractivity contribution >= 4 is 33.9 Å². The average Bonchev–Trinajstić information content (AvgIpc) is 3.59. The van der Waals surface area contributed by atoms with Gasteiger partial charge in [0, 0.05) is 32.7 Å². The maximum atomic E-state index is 13.7. The van der Waals surface area contributed by atoms with E-state index in [9.17, 15) is 11.0 Å².